The largest absolute Gasteiger partial charge is 0.444 e. The molecule has 0 aliphatic carbocycles. The number of anilines is 1. The molecule has 2 aromatic rings. The maximum atomic E-state index is 14.4. The molecule has 2 aromatic carbocycles. The van der Waals surface area contributed by atoms with Crippen LogP contribution in [0.5, 0.6) is 0 Å². The zero-order valence-corrected chi connectivity index (χ0v) is 27.0. The second-order valence-electron chi connectivity index (χ2n) is 11.6. The average Bonchev–Trinajstić information content (AvgIpc) is 2.90. The van der Waals surface area contributed by atoms with Crippen molar-refractivity contribution < 1.29 is 19.1 Å². The van der Waals surface area contributed by atoms with Crippen LogP contribution in [0.2, 0.25) is 0 Å². The van der Waals surface area contributed by atoms with Crippen LogP contribution in [0.4, 0.5) is 10.5 Å². The van der Waals surface area contributed by atoms with Crippen LogP contribution < -0.4 is 10.6 Å². The molecular formula is C33H49N3O4S. The van der Waals surface area contributed by atoms with Gasteiger partial charge in [0.15, 0.2) is 0 Å². The molecule has 2 N–H and O–H groups in total. The molecule has 41 heavy (non-hydrogen) atoms. The second-order valence-corrected chi connectivity index (χ2v) is 12.6. The molecule has 0 saturated heterocycles. The number of carbonyl (C=O) groups excluding carboxylic acids is 3. The quantitative estimate of drug-likeness (QED) is 0.227. The highest BCUT2D eigenvalue weighted by Crippen LogP contribution is 2.29. The number of nitrogens with zero attached hydrogens (tertiary/aromatic N) is 1. The third-order valence-electron chi connectivity index (χ3n) is 6.83. The van der Waals surface area contributed by atoms with E-state index in [1.54, 1.807) is 37.4 Å². The maximum Gasteiger partial charge on any atom is 0.408 e. The number of ether oxygens (including phenoxy) is 1. The van der Waals surface area contributed by atoms with Gasteiger partial charge >= 0.3 is 6.09 Å². The molecule has 0 aliphatic rings. The summed E-state index contributed by atoms with van der Waals surface area (Å²) in [5.74, 6) is 0.101. The van der Waals surface area contributed by atoms with E-state index in [0.29, 0.717) is 24.4 Å². The number of aryl methyl sites for hydroxylation is 3. The molecule has 0 fully saturated rings. The molecule has 3 amide bonds. The first-order valence-electron chi connectivity index (χ1n) is 14.6. The van der Waals surface area contributed by atoms with Gasteiger partial charge in [-0.25, -0.2) is 4.79 Å². The standard InChI is InChI=1S/C33H49N3O4S/c1-9-10-11-14-20-36(31(38)28(19-21-41-8)35-32(39)40-33(5,6)7)29(26-22-23(2)17-18-24(26)3)30(37)34-27-16-13-12-15-25(27)4/h12-13,15-18,22,28-29H,9-11,14,19-21H2,1-8H3,(H,34,37)(H,35,39). The van der Waals surface area contributed by atoms with Crippen LogP contribution in [0.3, 0.4) is 0 Å². The van der Waals surface area contributed by atoms with E-state index < -0.39 is 23.8 Å². The number of hydrogen-bond donors (Lipinski definition) is 2. The number of carbonyl (C=O) groups is 3. The number of alkyl carbamates (subject to hydrolysis) is 1. The Kier molecular flexibility index (Phi) is 13.7. The summed E-state index contributed by atoms with van der Waals surface area (Å²) >= 11 is 1.60. The molecule has 0 heterocycles. The lowest BCUT2D eigenvalue weighted by atomic mass is 9.95. The van der Waals surface area contributed by atoms with Gasteiger partial charge in [-0.2, -0.15) is 11.8 Å². The van der Waals surface area contributed by atoms with Gasteiger partial charge in [0.2, 0.25) is 5.91 Å². The van der Waals surface area contributed by atoms with Gasteiger partial charge in [0.25, 0.3) is 5.91 Å². The number of nitrogens with one attached hydrogen (secondary N) is 2. The fourth-order valence-electron chi connectivity index (χ4n) is 4.64. The third kappa shape index (κ3) is 11.1. The molecule has 8 heteroatoms. The molecule has 7 nitrogen and oxygen atoms in total. The predicted molar refractivity (Wildman–Crippen MR) is 170 cm³/mol. The van der Waals surface area contributed by atoms with Gasteiger partial charge in [-0.1, -0.05) is 68.1 Å². The van der Waals surface area contributed by atoms with Crippen molar-refractivity contribution >= 4 is 35.4 Å². The lowest BCUT2D eigenvalue weighted by molar-refractivity contribution is -0.141. The Morgan fingerprint density at radius 1 is 0.976 bits per heavy atom. The Hall–Kier alpha value is -3.00. The van der Waals surface area contributed by atoms with E-state index in [9.17, 15) is 14.4 Å². The molecule has 2 unspecified atom stereocenters. The molecular weight excluding hydrogens is 534 g/mol. The summed E-state index contributed by atoms with van der Waals surface area (Å²) in [5, 5.41) is 5.92. The van der Waals surface area contributed by atoms with E-state index >= 15 is 0 Å². The van der Waals surface area contributed by atoms with Crippen LogP contribution in [0.1, 0.15) is 88.1 Å². The smallest absolute Gasteiger partial charge is 0.408 e. The minimum Gasteiger partial charge on any atom is -0.444 e. The Morgan fingerprint density at radius 3 is 2.32 bits per heavy atom. The van der Waals surface area contributed by atoms with Crippen LogP contribution in [0.25, 0.3) is 0 Å². The summed E-state index contributed by atoms with van der Waals surface area (Å²) in [5.41, 5.74) is 3.64. The highest BCUT2D eigenvalue weighted by atomic mass is 32.2. The fraction of sp³-hybridized carbons (Fsp3) is 0.545. The van der Waals surface area contributed by atoms with Crippen LogP contribution in [0.15, 0.2) is 42.5 Å². The van der Waals surface area contributed by atoms with E-state index in [-0.39, 0.29) is 11.8 Å². The number of amides is 3. The number of para-hydroxylation sites is 1. The SMILES string of the molecule is CCCCCCN(C(=O)C(CCSC)NC(=O)OC(C)(C)C)C(C(=O)Nc1ccccc1C)c1cc(C)ccc1C. The lowest BCUT2D eigenvalue weighted by Crippen LogP contribution is -2.53. The van der Waals surface area contributed by atoms with E-state index in [1.807, 2.05) is 69.5 Å². The number of rotatable bonds is 14. The predicted octanol–water partition coefficient (Wildman–Crippen LogP) is 7.35. The van der Waals surface area contributed by atoms with Gasteiger partial charge in [0.1, 0.15) is 17.7 Å². The van der Waals surface area contributed by atoms with Gasteiger partial charge in [0.05, 0.1) is 0 Å². The number of hydrogen-bond acceptors (Lipinski definition) is 5. The van der Waals surface area contributed by atoms with Crippen molar-refractivity contribution in [1.29, 1.82) is 0 Å². The number of thioether (sulfide) groups is 1. The van der Waals surface area contributed by atoms with Gasteiger partial charge in [-0.3, -0.25) is 9.59 Å². The fourth-order valence-corrected chi connectivity index (χ4v) is 5.11. The van der Waals surface area contributed by atoms with Crippen LogP contribution in [-0.2, 0) is 14.3 Å². The Bertz CT molecular complexity index is 1160. The summed E-state index contributed by atoms with van der Waals surface area (Å²) in [4.78, 5) is 43.1. The van der Waals surface area contributed by atoms with Crippen molar-refractivity contribution in [3.8, 4) is 0 Å². The molecule has 0 bridgehead atoms. The Labute approximate surface area is 251 Å². The van der Waals surface area contributed by atoms with Crippen LogP contribution in [-0.4, -0.2) is 53.0 Å². The third-order valence-corrected chi connectivity index (χ3v) is 7.47. The molecule has 0 saturated carbocycles. The summed E-state index contributed by atoms with van der Waals surface area (Å²) in [7, 11) is 0. The summed E-state index contributed by atoms with van der Waals surface area (Å²) in [6, 6.07) is 11.9. The van der Waals surface area contributed by atoms with E-state index in [1.165, 1.54) is 0 Å². The van der Waals surface area contributed by atoms with Gasteiger partial charge < -0.3 is 20.3 Å². The first-order valence-corrected chi connectivity index (χ1v) is 16.0. The van der Waals surface area contributed by atoms with Crippen molar-refractivity contribution in [2.45, 2.75) is 98.3 Å². The van der Waals surface area contributed by atoms with E-state index in [0.717, 1.165) is 47.9 Å². The van der Waals surface area contributed by atoms with Crippen molar-refractivity contribution in [3.05, 3.63) is 64.7 Å². The average molecular weight is 584 g/mol. The van der Waals surface area contributed by atoms with Gasteiger partial charge in [-0.05, 0) is 89.1 Å². The molecule has 0 spiro atoms. The Balaban J connectivity index is 2.59. The first-order chi connectivity index (χ1) is 19.4. The summed E-state index contributed by atoms with van der Waals surface area (Å²) in [6.07, 6.45) is 5.52. The second kappa shape index (κ2) is 16.4. The van der Waals surface area contributed by atoms with E-state index in [2.05, 4.69) is 17.6 Å². The monoisotopic (exact) mass is 583 g/mol. The first kappa shape index (κ1) is 34.2. The minimum absolute atomic E-state index is 0.280. The highest BCUT2D eigenvalue weighted by molar-refractivity contribution is 7.98. The van der Waals surface area contributed by atoms with E-state index in [4.69, 9.17) is 4.74 Å². The Morgan fingerprint density at radius 2 is 1.68 bits per heavy atom. The maximum absolute atomic E-state index is 14.4. The number of unbranched alkanes of at least 4 members (excludes halogenated alkanes) is 3. The minimum atomic E-state index is -0.874. The topological polar surface area (TPSA) is 87.7 Å². The van der Waals surface area contributed by atoms with Gasteiger partial charge in [0, 0.05) is 12.2 Å². The lowest BCUT2D eigenvalue weighted by Gasteiger charge is -2.35. The zero-order valence-electron chi connectivity index (χ0n) is 26.1. The van der Waals surface area contributed by atoms with Gasteiger partial charge in [-0.15, -0.1) is 0 Å². The molecule has 2 atom stereocenters. The van der Waals surface area contributed by atoms with Crippen molar-refractivity contribution in [1.82, 2.24) is 10.2 Å². The molecule has 2 rings (SSSR count). The van der Waals surface area contributed by atoms with Crippen LogP contribution >= 0.6 is 11.8 Å². The summed E-state index contributed by atoms with van der Waals surface area (Å²) < 4.78 is 5.50. The highest BCUT2D eigenvalue weighted by Gasteiger charge is 2.37. The summed E-state index contributed by atoms with van der Waals surface area (Å²) in [6.45, 7) is 13.8. The normalized spacial score (nSPS) is 12.8. The number of benzene rings is 2. The van der Waals surface area contributed by atoms with Crippen molar-refractivity contribution in [2.75, 3.05) is 23.9 Å². The molecule has 0 aliphatic heterocycles. The zero-order chi connectivity index (χ0) is 30.6. The molecule has 0 aromatic heterocycles. The molecule has 0 radical (unpaired) electrons. The van der Waals surface area contributed by atoms with Crippen molar-refractivity contribution in [3.63, 3.8) is 0 Å². The van der Waals surface area contributed by atoms with Crippen molar-refractivity contribution in [2.24, 2.45) is 0 Å². The van der Waals surface area contributed by atoms with Crippen LogP contribution in [0, 0.1) is 20.8 Å². The molecule has 226 valence electrons.